The maximum atomic E-state index is 13.3. The first-order valence-corrected chi connectivity index (χ1v) is 8.51. The molecule has 128 valence electrons. The largest absolute Gasteiger partial charge is 0.343 e. The zero-order valence-corrected chi connectivity index (χ0v) is 14.7. The van der Waals surface area contributed by atoms with Gasteiger partial charge >= 0.3 is 0 Å². The van der Waals surface area contributed by atoms with Crippen molar-refractivity contribution in [3.63, 3.8) is 0 Å². The van der Waals surface area contributed by atoms with Crippen LogP contribution in [-0.2, 0) is 0 Å². The highest BCUT2D eigenvalue weighted by molar-refractivity contribution is 6.31. The van der Waals surface area contributed by atoms with Gasteiger partial charge in [-0.1, -0.05) is 25.4 Å². The number of anilines is 1. The second-order valence-electron chi connectivity index (χ2n) is 6.81. The molecule has 23 heavy (non-hydrogen) atoms. The van der Waals surface area contributed by atoms with E-state index in [0.717, 1.165) is 37.6 Å². The molecule has 0 spiro atoms. The Bertz CT molecular complexity index is 554. The third kappa shape index (κ3) is 5.36. The fourth-order valence-corrected chi connectivity index (χ4v) is 2.56. The number of benzene rings is 1. The molecular weight excluding hydrogens is 315 g/mol. The van der Waals surface area contributed by atoms with Gasteiger partial charge < -0.3 is 16.0 Å². The summed E-state index contributed by atoms with van der Waals surface area (Å²) >= 11 is 5.87. The van der Waals surface area contributed by atoms with Gasteiger partial charge in [0.1, 0.15) is 5.82 Å². The molecule has 2 rings (SSSR count). The van der Waals surface area contributed by atoms with Gasteiger partial charge in [-0.15, -0.1) is 0 Å². The molecule has 0 saturated carbocycles. The van der Waals surface area contributed by atoms with Crippen molar-refractivity contribution in [3.8, 4) is 0 Å². The Balaban J connectivity index is 2.18. The quantitative estimate of drug-likeness (QED) is 0.649. The van der Waals surface area contributed by atoms with Crippen LogP contribution in [0.25, 0.3) is 0 Å². The van der Waals surface area contributed by atoms with Crippen LogP contribution in [0.15, 0.2) is 23.2 Å². The number of nitrogens with two attached hydrogens (primary N) is 1. The average Bonchev–Trinajstić information content (AvgIpc) is 2.55. The molecule has 6 heteroatoms. The molecule has 1 aliphatic rings. The monoisotopic (exact) mass is 340 g/mol. The molecule has 1 heterocycles. The van der Waals surface area contributed by atoms with Gasteiger partial charge in [0.05, 0.1) is 5.02 Å². The van der Waals surface area contributed by atoms with Crippen molar-refractivity contribution in [2.75, 3.05) is 31.5 Å². The van der Waals surface area contributed by atoms with E-state index in [4.69, 9.17) is 22.3 Å². The molecule has 0 amide bonds. The number of piperidine rings is 1. The van der Waals surface area contributed by atoms with E-state index in [1.807, 2.05) is 0 Å². The molecular formula is C17H26ClFN4. The van der Waals surface area contributed by atoms with E-state index in [2.05, 4.69) is 24.1 Å². The molecule has 0 aromatic heterocycles. The molecule has 3 N–H and O–H groups in total. The van der Waals surface area contributed by atoms with Gasteiger partial charge in [-0.3, -0.25) is 4.99 Å². The van der Waals surface area contributed by atoms with Crippen molar-refractivity contribution < 1.29 is 4.39 Å². The van der Waals surface area contributed by atoms with Crippen LogP contribution in [0.2, 0.25) is 5.02 Å². The second-order valence-corrected chi connectivity index (χ2v) is 7.22. The van der Waals surface area contributed by atoms with E-state index in [1.165, 1.54) is 12.5 Å². The third-order valence-corrected chi connectivity index (χ3v) is 4.33. The van der Waals surface area contributed by atoms with Crippen LogP contribution < -0.4 is 11.1 Å². The fourth-order valence-electron chi connectivity index (χ4n) is 2.38. The summed E-state index contributed by atoms with van der Waals surface area (Å²) in [5.74, 6) is 0.395. The summed E-state index contributed by atoms with van der Waals surface area (Å²) in [6.07, 6.45) is 3.57. The van der Waals surface area contributed by atoms with Crippen LogP contribution in [0.3, 0.4) is 0 Å². The number of nitrogens with zero attached hydrogens (tertiary/aromatic N) is 2. The number of guanidine groups is 1. The van der Waals surface area contributed by atoms with Crippen molar-refractivity contribution in [3.05, 3.63) is 29.0 Å². The topological polar surface area (TPSA) is 53.6 Å². The normalized spacial score (nSPS) is 16.6. The standard InChI is InChI=1S/C17H26ClFN4/c1-17(2,11-20)12-21-16(23-8-4-3-5-9-23)22-13-6-7-15(19)14(18)10-13/h6-7,10H,3-5,8-9,11-12,20H2,1-2H3,(H,21,22). The van der Waals surface area contributed by atoms with Crippen molar-refractivity contribution in [1.82, 2.24) is 4.90 Å². The Hall–Kier alpha value is -1.33. The van der Waals surface area contributed by atoms with Gasteiger partial charge in [0.25, 0.3) is 0 Å². The third-order valence-electron chi connectivity index (χ3n) is 4.04. The summed E-state index contributed by atoms with van der Waals surface area (Å²) in [7, 11) is 0. The number of hydrogen-bond donors (Lipinski definition) is 2. The first-order chi connectivity index (χ1) is 10.9. The molecule has 4 nitrogen and oxygen atoms in total. The van der Waals surface area contributed by atoms with Crippen LogP contribution in [0, 0.1) is 11.2 Å². The zero-order chi connectivity index (χ0) is 16.9. The minimum absolute atomic E-state index is 0.0524. The summed E-state index contributed by atoms with van der Waals surface area (Å²) in [5, 5.41) is 3.40. The molecule has 0 radical (unpaired) electrons. The summed E-state index contributed by atoms with van der Waals surface area (Å²) in [6, 6.07) is 4.63. The van der Waals surface area contributed by atoms with E-state index in [0.29, 0.717) is 13.1 Å². The predicted molar refractivity (Wildman–Crippen MR) is 95.6 cm³/mol. The van der Waals surface area contributed by atoms with E-state index in [9.17, 15) is 4.39 Å². The zero-order valence-electron chi connectivity index (χ0n) is 13.9. The summed E-state index contributed by atoms with van der Waals surface area (Å²) in [4.78, 5) is 7.00. The van der Waals surface area contributed by atoms with Gasteiger partial charge in [0.2, 0.25) is 0 Å². The predicted octanol–water partition coefficient (Wildman–Crippen LogP) is 3.72. The van der Waals surface area contributed by atoms with Gasteiger partial charge in [0, 0.05) is 25.3 Å². The highest BCUT2D eigenvalue weighted by Gasteiger charge is 2.19. The molecule has 0 unspecified atom stereocenters. The Morgan fingerprint density at radius 1 is 1.35 bits per heavy atom. The van der Waals surface area contributed by atoms with E-state index < -0.39 is 5.82 Å². The van der Waals surface area contributed by atoms with Crippen LogP contribution in [-0.4, -0.2) is 37.0 Å². The second kappa shape index (κ2) is 7.97. The SMILES string of the molecule is CC(C)(CN)CN=C(Nc1ccc(F)c(Cl)c1)N1CCCCC1. The molecule has 1 aromatic carbocycles. The average molecular weight is 341 g/mol. The van der Waals surface area contributed by atoms with E-state index >= 15 is 0 Å². The lowest BCUT2D eigenvalue weighted by atomic mass is 9.94. The lowest BCUT2D eigenvalue weighted by Gasteiger charge is -2.31. The molecule has 0 aliphatic carbocycles. The van der Waals surface area contributed by atoms with Crippen LogP contribution in [0.5, 0.6) is 0 Å². The number of hydrogen-bond acceptors (Lipinski definition) is 2. The number of likely N-dealkylation sites (tertiary alicyclic amines) is 1. The Labute approximate surface area is 142 Å². The number of aliphatic imine (C=N–C) groups is 1. The van der Waals surface area contributed by atoms with Gasteiger partial charge in [0.15, 0.2) is 5.96 Å². The van der Waals surface area contributed by atoms with Crippen LogP contribution >= 0.6 is 11.6 Å². The molecule has 0 bridgehead atoms. The minimum atomic E-state index is -0.419. The molecule has 1 fully saturated rings. The van der Waals surface area contributed by atoms with Crippen molar-refractivity contribution in [1.29, 1.82) is 0 Å². The van der Waals surface area contributed by atoms with Crippen LogP contribution in [0.1, 0.15) is 33.1 Å². The lowest BCUT2D eigenvalue weighted by molar-refractivity contribution is 0.335. The Kier molecular flexibility index (Phi) is 6.25. The highest BCUT2D eigenvalue weighted by atomic mass is 35.5. The Morgan fingerprint density at radius 2 is 2.04 bits per heavy atom. The minimum Gasteiger partial charge on any atom is -0.343 e. The molecule has 1 aromatic rings. The van der Waals surface area contributed by atoms with Gasteiger partial charge in [-0.2, -0.15) is 0 Å². The van der Waals surface area contributed by atoms with Gasteiger partial charge in [-0.25, -0.2) is 4.39 Å². The first kappa shape index (κ1) is 18.0. The van der Waals surface area contributed by atoms with Crippen molar-refractivity contribution in [2.24, 2.45) is 16.1 Å². The number of rotatable bonds is 4. The van der Waals surface area contributed by atoms with E-state index in [1.54, 1.807) is 12.1 Å². The molecule has 1 saturated heterocycles. The van der Waals surface area contributed by atoms with E-state index in [-0.39, 0.29) is 10.4 Å². The lowest BCUT2D eigenvalue weighted by Crippen LogP contribution is -2.41. The van der Waals surface area contributed by atoms with Crippen molar-refractivity contribution >= 4 is 23.2 Å². The molecule has 1 aliphatic heterocycles. The number of halogens is 2. The maximum Gasteiger partial charge on any atom is 0.198 e. The van der Waals surface area contributed by atoms with Crippen LogP contribution in [0.4, 0.5) is 10.1 Å². The maximum absolute atomic E-state index is 13.3. The molecule has 0 atom stereocenters. The van der Waals surface area contributed by atoms with Crippen molar-refractivity contribution in [2.45, 2.75) is 33.1 Å². The fraction of sp³-hybridized carbons (Fsp3) is 0.588. The smallest absolute Gasteiger partial charge is 0.198 e. The number of nitrogens with one attached hydrogen (secondary N) is 1. The summed E-state index contributed by atoms with van der Waals surface area (Å²) in [6.45, 7) is 7.36. The van der Waals surface area contributed by atoms with Gasteiger partial charge in [-0.05, 0) is 49.4 Å². The Morgan fingerprint density at radius 3 is 2.65 bits per heavy atom. The highest BCUT2D eigenvalue weighted by Crippen LogP contribution is 2.21. The summed E-state index contributed by atoms with van der Waals surface area (Å²) < 4.78 is 13.3. The first-order valence-electron chi connectivity index (χ1n) is 8.13. The summed E-state index contributed by atoms with van der Waals surface area (Å²) in [5.41, 5.74) is 6.49.